The minimum atomic E-state index is -0.455. The standard InChI is InChI=1S/C36H52Cl2N4O5/c1-24-20-42(25(2)23-43)35(44)30-19-29(40-36(45)39-28-11-6-5-7-12-28)14-16-33(30)47-26(3)10-8-9-17-46-34(24)22-41(4)21-27-13-15-31(37)32(38)18-27/h13-16,18-19,24-26,28,34,43H,5-12,17,20-23H2,1-4H3,(H2,39,40,45)/t24-,25-,26+,34-/m1/s1. The van der Waals surface area contributed by atoms with Crippen molar-refractivity contribution < 1.29 is 24.2 Å². The molecule has 0 saturated heterocycles. The summed E-state index contributed by atoms with van der Waals surface area (Å²) in [5.41, 5.74) is 1.91. The van der Waals surface area contributed by atoms with Gasteiger partial charge in [-0.3, -0.25) is 9.69 Å². The molecule has 1 heterocycles. The number of halogens is 2. The van der Waals surface area contributed by atoms with Crippen LogP contribution in [0.15, 0.2) is 36.4 Å². The molecule has 0 radical (unpaired) electrons. The molecule has 11 heteroatoms. The van der Waals surface area contributed by atoms with E-state index in [0.717, 1.165) is 50.5 Å². The molecule has 0 bridgehead atoms. The number of hydrogen-bond acceptors (Lipinski definition) is 6. The van der Waals surface area contributed by atoms with E-state index in [-0.39, 0.29) is 42.7 Å². The lowest BCUT2D eigenvalue weighted by molar-refractivity contribution is -0.0177. The van der Waals surface area contributed by atoms with Crippen LogP contribution >= 0.6 is 23.2 Å². The Morgan fingerprint density at radius 1 is 1.04 bits per heavy atom. The molecule has 1 fully saturated rings. The highest BCUT2D eigenvalue weighted by molar-refractivity contribution is 6.42. The molecule has 1 aliphatic carbocycles. The maximum Gasteiger partial charge on any atom is 0.319 e. The van der Waals surface area contributed by atoms with Crippen molar-refractivity contribution in [2.24, 2.45) is 5.92 Å². The molecule has 4 atom stereocenters. The van der Waals surface area contributed by atoms with Crippen LogP contribution in [0.25, 0.3) is 0 Å². The van der Waals surface area contributed by atoms with E-state index in [4.69, 9.17) is 32.7 Å². The lowest BCUT2D eigenvalue weighted by Crippen LogP contribution is -2.47. The minimum absolute atomic E-state index is 0.0574. The fourth-order valence-electron chi connectivity index (χ4n) is 6.38. The molecule has 4 rings (SSSR count). The lowest BCUT2D eigenvalue weighted by atomic mass is 9.96. The summed E-state index contributed by atoms with van der Waals surface area (Å²) in [6.45, 7) is 7.98. The summed E-state index contributed by atoms with van der Waals surface area (Å²) >= 11 is 12.4. The molecule has 3 amide bonds. The molecular weight excluding hydrogens is 639 g/mol. The monoisotopic (exact) mass is 690 g/mol. The van der Waals surface area contributed by atoms with Crippen LogP contribution in [-0.2, 0) is 11.3 Å². The van der Waals surface area contributed by atoms with E-state index in [9.17, 15) is 14.7 Å². The summed E-state index contributed by atoms with van der Waals surface area (Å²) in [5.74, 6) is 0.143. The van der Waals surface area contributed by atoms with Crippen LogP contribution in [0.3, 0.4) is 0 Å². The molecule has 47 heavy (non-hydrogen) atoms. The van der Waals surface area contributed by atoms with E-state index in [0.29, 0.717) is 53.3 Å². The largest absolute Gasteiger partial charge is 0.490 e. The Labute approximate surface area is 290 Å². The summed E-state index contributed by atoms with van der Waals surface area (Å²) in [6.07, 6.45) is 7.69. The zero-order valence-electron chi connectivity index (χ0n) is 28.3. The highest BCUT2D eigenvalue weighted by Gasteiger charge is 2.30. The van der Waals surface area contributed by atoms with E-state index in [1.807, 2.05) is 33.0 Å². The zero-order valence-corrected chi connectivity index (χ0v) is 29.8. The number of hydrogen-bond donors (Lipinski definition) is 3. The molecule has 0 aromatic heterocycles. The molecule has 2 aromatic carbocycles. The molecule has 1 saturated carbocycles. The topological polar surface area (TPSA) is 103 Å². The number of ether oxygens (including phenoxy) is 2. The Morgan fingerprint density at radius 3 is 2.51 bits per heavy atom. The number of aliphatic hydroxyl groups is 1. The Morgan fingerprint density at radius 2 is 1.79 bits per heavy atom. The zero-order chi connectivity index (χ0) is 33.9. The van der Waals surface area contributed by atoms with Gasteiger partial charge in [-0.1, -0.05) is 55.5 Å². The van der Waals surface area contributed by atoms with Crippen molar-refractivity contribution in [1.29, 1.82) is 0 Å². The van der Waals surface area contributed by atoms with Gasteiger partial charge in [-0.15, -0.1) is 0 Å². The van der Waals surface area contributed by atoms with Crippen LogP contribution in [0.4, 0.5) is 10.5 Å². The van der Waals surface area contributed by atoms with Gasteiger partial charge >= 0.3 is 6.03 Å². The number of fused-ring (bicyclic) bond motifs is 1. The number of aliphatic hydroxyl groups excluding tert-OH is 1. The first-order valence-corrected chi connectivity index (χ1v) is 17.8. The van der Waals surface area contributed by atoms with Gasteiger partial charge in [0.2, 0.25) is 0 Å². The number of nitrogens with zero attached hydrogens (tertiary/aromatic N) is 2. The average molecular weight is 692 g/mol. The average Bonchev–Trinajstić information content (AvgIpc) is 3.04. The predicted octanol–water partition coefficient (Wildman–Crippen LogP) is 7.38. The third-order valence-corrected chi connectivity index (χ3v) is 9.92. The summed E-state index contributed by atoms with van der Waals surface area (Å²) < 4.78 is 12.8. The maximum absolute atomic E-state index is 14.4. The predicted molar refractivity (Wildman–Crippen MR) is 189 cm³/mol. The van der Waals surface area contributed by atoms with E-state index in [1.165, 1.54) is 6.42 Å². The summed E-state index contributed by atoms with van der Waals surface area (Å²) in [6, 6.07) is 10.3. The molecule has 9 nitrogen and oxygen atoms in total. The fourth-order valence-corrected chi connectivity index (χ4v) is 6.70. The van der Waals surface area contributed by atoms with Gasteiger partial charge in [0.05, 0.1) is 40.5 Å². The SMILES string of the molecule is C[C@@H]1CN([C@H](C)CO)C(=O)c2cc(NC(=O)NC3CCCCC3)ccc2O[C@@H](C)CCCCO[C@@H]1CN(C)Cc1ccc(Cl)c(Cl)c1. The quantitative estimate of drug-likeness (QED) is 0.267. The van der Waals surface area contributed by atoms with Crippen LogP contribution in [0.2, 0.25) is 10.0 Å². The second-order valence-corrected chi connectivity index (χ2v) is 14.2. The fraction of sp³-hybridized carbons (Fsp3) is 0.611. The van der Waals surface area contributed by atoms with Gasteiger partial charge in [0.1, 0.15) is 5.75 Å². The lowest BCUT2D eigenvalue weighted by Gasteiger charge is -2.36. The Hall–Kier alpha value is -2.56. The highest BCUT2D eigenvalue weighted by Crippen LogP contribution is 2.29. The number of anilines is 1. The van der Waals surface area contributed by atoms with Gasteiger partial charge in [0.25, 0.3) is 5.91 Å². The third kappa shape index (κ3) is 11.2. The molecule has 0 spiro atoms. The maximum atomic E-state index is 14.4. The molecule has 0 unspecified atom stereocenters. The molecule has 2 aliphatic rings. The number of benzene rings is 2. The number of rotatable bonds is 8. The van der Waals surface area contributed by atoms with Crippen molar-refractivity contribution in [3.05, 3.63) is 57.6 Å². The summed E-state index contributed by atoms with van der Waals surface area (Å²) in [7, 11) is 2.04. The Bertz CT molecular complexity index is 1320. The summed E-state index contributed by atoms with van der Waals surface area (Å²) in [4.78, 5) is 31.1. The van der Waals surface area contributed by atoms with Gasteiger partial charge in [-0.25, -0.2) is 4.79 Å². The van der Waals surface area contributed by atoms with E-state index in [2.05, 4.69) is 22.5 Å². The summed E-state index contributed by atoms with van der Waals surface area (Å²) in [5, 5.41) is 17.3. The Balaban J connectivity index is 1.56. The van der Waals surface area contributed by atoms with Crippen molar-refractivity contribution in [3.8, 4) is 5.75 Å². The number of urea groups is 1. The van der Waals surface area contributed by atoms with Crippen LogP contribution < -0.4 is 15.4 Å². The van der Waals surface area contributed by atoms with Crippen molar-refractivity contribution in [3.63, 3.8) is 0 Å². The first kappa shape index (κ1) is 37.3. The van der Waals surface area contributed by atoms with Crippen LogP contribution in [0.5, 0.6) is 5.75 Å². The van der Waals surface area contributed by atoms with Gasteiger partial charge in [0.15, 0.2) is 0 Å². The van der Waals surface area contributed by atoms with Gasteiger partial charge in [-0.2, -0.15) is 0 Å². The second-order valence-electron chi connectivity index (χ2n) is 13.4. The van der Waals surface area contributed by atoms with Gasteiger partial charge in [-0.05, 0) is 88.9 Å². The first-order valence-electron chi connectivity index (χ1n) is 17.1. The van der Waals surface area contributed by atoms with E-state index >= 15 is 0 Å². The number of amides is 3. The van der Waals surface area contributed by atoms with Crippen molar-refractivity contribution in [2.45, 2.75) is 103 Å². The number of carbonyl (C=O) groups excluding carboxylic acids is 2. The van der Waals surface area contributed by atoms with Crippen LogP contribution in [-0.4, -0.2) is 84.5 Å². The van der Waals surface area contributed by atoms with E-state index < -0.39 is 6.04 Å². The number of likely N-dealkylation sites (N-methyl/N-ethyl adjacent to an activating group) is 1. The van der Waals surface area contributed by atoms with Crippen LogP contribution in [0.1, 0.15) is 88.1 Å². The van der Waals surface area contributed by atoms with E-state index in [1.54, 1.807) is 29.2 Å². The molecule has 1 aliphatic heterocycles. The third-order valence-electron chi connectivity index (χ3n) is 9.18. The molecule has 260 valence electrons. The van der Waals surface area contributed by atoms with Crippen molar-refractivity contribution in [1.82, 2.24) is 15.1 Å². The Kier molecular flexibility index (Phi) is 14.5. The van der Waals surface area contributed by atoms with Crippen LogP contribution in [0, 0.1) is 5.92 Å². The normalized spacial score (nSPS) is 22.6. The minimum Gasteiger partial charge on any atom is -0.490 e. The van der Waals surface area contributed by atoms with Gasteiger partial charge in [0, 0.05) is 43.9 Å². The van der Waals surface area contributed by atoms with Crippen molar-refractivity contribution >= 4 is 40.8 Å². The molecule has 2 aromatic rings. The smallest absolute Gasteiger partial charge is 0.319 e. The molecular formula is C36H52Cl2N4O5. The second kappa shape index (κ2) is 18.3. The first-order chi connectivity index (χ1) is 22.5. The number of nitrogens with one attached hydrogen (secondary N) is 2. The number of carbonyl (C=O) groups is 2. The highest BCUT2D eigenvalue weighted by atomic mass is 35.5. The van der Waals surface area contributed by atoms with Crippen molar-refractivity contribution in [2.75, 3.05) is 38.7 Å². The molecule has 3 N–H and O–H groups in total. The van der Waals surface area contributed by atoms with Gasteiger partial charge < -0.3 is 30.1 Å².